The van der Waals surface area contributed by atoms with Gasteiger partial charge in [-0.15, -0.1) is 0 Å². The molecule has 1 aromatic rings. The predicted molar refractivity (Wildman–Crippen MR) is 55.6 cm³/mol. The third kappa shape index (κ3) is 1.92. The predicted octanol–water partition coefficient (Wildman–Crippen LogP) is 2.06. The van der Waals surface area contributed by atoms with Crippen molar-refractivity contribution >= 4 is 11.6 Å². The zero-order valence-electron chi connectivity index (χ0n) is 7.82. The highest BCUT2D eigenvalue weighted by Crippen LogP contribution is 2.30. The lowest BCUT2D eigenvalue weighted by molar-refractivity contribution is -0.0527. The van der Waals surface area contributed by atoms with Gasteiger partial charge in [0.1, 0.15) is 0 Å². The molecule has 1 fully saturated rings. The molecule has 0 aromatic heterocycles. The van der Waals surface area contributed by atoms with E-state index < -0.39 is 0 Å². The Hall–Kier alpha value is -0.570. The molecule has 2 nitrogen and oxygen atoms in total. The Morgan fingerprint density at radius 3 is 2.79 bits per heavy atom. The van der Waals surface area contributed by atoms with E-state index in [1.54, 1.807) is 0 Å². The van der Waals surface area contributed by atoms with Crippen LogP contribution in [-0.2, 0) is 4.74 Å². The summed E-state index contributed by atoms with van der Waals surface area (Å²) in [5.74, 6) is 0.612. The molecule has 1 unspecified atom stereocenters. The van der Waals surface area contributed by atoms with Crippen molar-refractivity contribution in [3.05, 3.63) is 34.9 Å². The van der Waals surface area contributed by atoms with Gasteiger partial charge in [0.05, 0.1) is 19.8 Å². The third-order valence-corrected chi connectivity index (χ3v) is 2.94. The van der Waals surface area contributed by atoms with Crippen molar-refractivity contribution in [3.8, 4) is 0 Å². The fraction of sp³-hybridized carbons (Fsp3) is 0.455. The number of aliphatic hydroxyl groups is 1. The quantitative estimate of drug-likeness (QED) is 0.831. The number of aliphatic hydroxyl groups excluding tert-OH is 1. The molecule has 76 valence electrons. The van der Waals surface area contributed by atoms with Crippen molar-refractivity contribution in [2.24, 2.45) is 5.92 Å². The van der Waals surface area contributed by atoms with E-state index in [-0.39, 0.29) is 12.5 Å². The number of benzene rings is 1. The Labute approximate surface area is 88.5 Å². The zero-order valence-corrected chi connectivity index (χ0v) is 8.57. The number of hydrogen-bond acceptors (Lipinski definition) is 2. The van der Waals surface area contributed by atoms with Crippen molar-refractivity contribution in [1.82, 2.24) is 0 Å². The zero-order chi connectivity index (χ0) is 9.97. The molecule has 2 rings (SSSR count). The van der Waals surface area contributed by atoms with E-state index in [1.165, 1.54) is 0 Å². The smallest absolute Gasteiger partial charge is 0.0523 e. The maximum Gasteiger partial charge on any atom is 0.0523 e. The van der Waals surface area contributed by atoms with Crippen LogP contribution in [0.4, 0.5) is 0 Å². The molecular formula is C11H13ClO2. The number of hydrogen-bond donors (Lipinski definition) is 1. The Morgan fingerprint density at radius 2 is 2.29 bits per heavy atom. The van der Waals surface area contributed by atoms with Gasteiger partial charge in [0.15, 0.2) is 0 Å². The first-order chi connectivity index (χ1) is 6.81. The van der Waals surface area contributed by atoms with Gasteiger partial charge in [-0.05, 0) is 17.7 Å². The SMILES string of the molecule is OCC(c1cccc(Cl)c1)C1COC1. The number of halogens is 1. The number of rotatable bonds is 3. The average Bonchev–Trinajstić information content (AvgIpc) is 2.10. The molecule has 3 heteroatoms. The van der Waals surface area contributed by atoms with Crippen LogP contribution in [0.5, 0.6) is 0 Å². The van der Waals surface area contributed by atoms with Gasteiger partial charge in [-0.1, -0.05) is 23.7 Å². The first-order valence-corrected chi connectivity index (χ1v) is 5.13. The summed E-state index contributed by atoms with van der Waals surface area (Å²) in [5, 5.41) is 10.0. The summed E-state index contributed by atoms with van der Waals surface area (Å²) < 4.78 is 5.13. The summed E-state index contributed by atoms with van der Waals surface area (Å²) >= 11 is 5.90. The van der Waals surface area contributed by atoms with Gasteiger partial charge < -0.3 is 9.84 Å². The van der Waals surface area contributed by atoms with E-state index in [2.05, 4.69) is 0 Å². The van der Waals surface area contributed by atoms with Crippen LogP contribution in [0, 0.1) is 5.92 Å². The lowest BCUT2D eigenvalue weighted by atomic mass is 9.85. The van der Waals surface area contributed by atoms with E-state index in [0.717, 1.165) is 23.8 Å². The summed E-state index contributed by atoms with van der Waals surface area (Å²) in [4.78, 5) is 0. The van der Waals surface area contributed by atoms with Crippen LogP contribution in [0.2, 0.25) is 5.02 Å². The Morgan fingerprint density at radius 1 is 1.50 bits per heavy atom. The molecule has 14 heavy (non-hydrogen) atoms. The van der Waals surface area contributed by atoms with Crippen molar-refractivity contribution < 1.29 is 9.84 Å². The summed E-state index contributed by atoms with van der Waals surface area (Å²) in [5.41, 5.74) is 1.10. The molecular weight excluding hydrogens is 200 g/mol. The molecule has 0 spiro atoms. The van der Waals surface area contributed by atoms with Crippen molar-refractivity contribution in [3.63, 3.8) is 0 Å². The molecule has 0 radical (unpaired) electrons. The molecule has 0 amide bonds. The normalized spacial score (nSPS) is 19.0. The van der Waals surface area contributed by atoms with E-state index in [4.69, 9.17) is 16.3 Å². The molecule has 0 bridgehead atoms. The Kier molecular flexibility index (Phi) is 3.06. The molecule has 1 atom stereocenters. The molecule has 1 aromatic carbocycles. The lowest BCUT2D eigenvalue weighted by Gasteiger charge is -2.33. The summed E-state index contributed by atoms with van der Waals surface area (Å²) in [6, 6.07) is 7.68. The van der Waals surface area contributed by atoms with Crippen LogP contribution >= 0.6 is 11.6 Å². The van der Waals surface area contributed by atoms with E-state index in [1.807, 2.05) is 24.3 Å². The Bertz CT molecular complexity index is 310. The second-order valence-corrected chi connectivity index (χ2v) is 4.08. The van der Waals surface area contributed by atoms with Gasteiger partial charge in [0.2, 0.25) is 0 Å². The first-order valence-electron chi connectivity index (χ1n) is 4.75. The number of ether oxygens (including phenoxy) is 1. The van der Waals surface area contributed by atoms with Gasteiger partial charge in [-0.2, -0.15) is 0 Å². The highest BCUT2D eigenvalue weighted by molar-refractivity contribution is 6.30. The molecule has 1 saturated heterocycles. The van der Waals surface area contributed by atoms with Gasteiger partial charge in [-0.25, -0.2) is 0 Å². The third-order valence-electron chi connectivity index (χ3n) is 2.71. The van der Waals surface area contributed by atoms with Crippen LogP contribution < -0.4 is 0 Å². The maximum atomic E-state index is 9.31. The fourth-order valence-corrected chi connectivity index (χ4v) is 1.95. The minimum Gasteiger partial charge on any atom is -0.396 e. The topological polar surface area (TPSA) is 29.5 Å². The van der Waals surface area contributed by atoms with Crippen LogP contribution in [0.1, 0.15) is 11.5 Å². The molecule has 1 N–H and O–H groups in total. The molecule has 1 heterocycles. The highest BCUT2D eigenvalue weighted by atomic mass is 35.5. The van der Waals surface area contributed by atoms with Gasteiger partial charge in [0.25, 0.3) is 0 Å². The van der Waals surface area contributed by atoms with Gasteiger partial charge >= 0.3 is 0 Å². The van der Waals surface area contributed by atoms with Gasteiger partial charge in [0, 0.05) is 16.9 Å². The lowest BCUT2D eigenvalue weighted by Crippen LogP contribution is -2.34. The minimum atomic E-state index is 0.161. The van der Waals surface area contributed by atoms with Crippen molar-refractivity contribution in [2.75, 3.05) is 19.8 Å². The van der Waals surface area contributed by atoms with Crippen LogP contribution in [0.25, 0.3) is 0 Å². The second kappa shape index (κ2) is 4.30. The fourth-order valence-electron chi connectivity index (χ4n) is 1.75. The molecule has 0 saturated carbocycles. The highest BCUT2D eigenvalue weighted by Gasteiger charge is 2.28. The maximum absolute atomic E-state index is 9.31. The minimum absolute atomic E-state index is 0.161. The Balaban J connectivity index is 2.17. The molecule has 1 aliphatic heterocycles. The van der Waals surface area contributed by atoms with Crippen molar-refractivity contribution in [2.45, 2.75) is 5.92 Å². The second-order valence-electron chi connectivity index (χ2n) is 3.64. The van der Waals surface area contributed by atoms with E-state index >= 15 is 0 Å². The van der Waals surface area contributed by atoms with E-state index in [9.17, 15) is 5.11 Å². The monoisotopic (exact) mass is 212 g/mol. The summed E-state index contributed by atoms with van der Waals surface area (Å²) in [6.07, 6.45) is 0. The molecule has 0 aliphatic carbocycles. The average molecular weight is 213 g/mol. The summed E-state index contributed by atoms with van der Waals surface area (Å²) in [7, 11) is 0. The van der Waals surface area contributed by atoms with E-state index in [0.29, 0.717) is 5.92 Å². The standard InChI is InChI=1S/C11H13ClO2/c12-10-3-1-2-8(4-10)11(5-13)9-6-14-7-9/h1-4,9,11,13H,5-7H2. The van der Waals surface area contributed by atoms with Crippen molar-refractivity contribution in [1.29, 1.82) is 0 Å². The van der Waals surface area contributed by atoms with Crippen LogP contribution in [0.15, 0.2) is 24.3 Å². The molecule has 1 aliphatic rings. The van der Waals surface area contributed by atoms with Crippen LogP contribution in [-0.4, -0.2) is 24.9 Å². The first kappa shape index (κ1) is 9.97. The van der Waals surface area contributed by atoms with Gasteiger partial charge in [-0.3, -0.25) is 0 Å². The largest absolute Gasteiger partial charge is 0.396 e. The van der Waals surface area contributed by atoms with Crippen LogP contribution in [0.3, 0.4) is 0 Å². The summed E-state index contributed by atoms with van der Waals surface area (Å²) in [6.45, 7) is 1.66.